The van der Waals surface area contributed by atoms with Gasteiger partial charge in [0.15, 0.2) is 5.82 Å². The van der Waals surface area contributed by atoms with E-state index in [1.165, 1.54) is 0 Å². The summed E-state index contributed by atoms with van der Waals surface area (Å²) < 4.78 is 0. The third-order valence-corrected chi connectivity index (χ3v) is 4.91. The lowest BCUT2D eigenvalue weighted by atomic mass is 9.97. The van der Waals surface area contributed by atoms with E-state index < -0.39 is 0 Å². The lowest BCUT2D eigenvalue weighted by molar-refractivity contribution is -0.125. The first-order valence-electron chi connectivity index (χ1n) is 9.45. The number of hydrogen-bond donors (Lipinski definition) is 1. The average Bonchev–Trinajstić information content (AvgIpc) is 2.79. The van der Waals surface area contributed by atoms with Crippen molar-refractivity contribution in [1.82, 2.24) is 25.5 Å². The second-order valence-corrected chi connectivity index (χ2v) is 6.88. The summed E-state index contributed by atoms with van der Waals surface area (Å²) in [5, 5.41) is 11.7. The Labute approximate surface area is 163 Å². The molecule has 4 rings (SSSR count). The fraction of sp³-hybridized carbons (Fsp3) is 0.286. The summed E-state index contributed by atoms with van der Waals surface area (Å²) in [6.45, 7) is 2.04. The Hall–Kier alpha value is -3.35. The molecule has 3 aromatic rings. The van der Waals surface area contributed by atoms with Crippen LogP contribution in [0.1, 0.15) is 18.4 Å². The van der Waals surface area contributed by atoms with Gasteiger partial charge >= 0.3 is 0 Å². The monoisotopic (exact) mass is 374 g/mol. The van der Waals surface area contributed by atoms with Gasteiger partial charge in [0.1, 0.15) is 0 Å². The smallest absolute Gasteiger partial charge is 0.225 e. The summed E-state index contributed by atoms with van der Waals surface area (Å²) in [5.74, 6) is 0.830. The molecule has 0 radical (unpaired) electrons. The van der Waals surface area contributed by atoms with Crippen LogP contribution in [0.3, 0.4) is 0 Å². The molecule has 1 N–H and O–H groups in total. The standard InChI is InChI=1S/C21H22N6O/c28-21(24-13-16-4-1-9-22-12-16)18-6-3-11-27(15-18)20-8-7-19(25-26-20)17-5-2-10-23-14-17/h1-2,4-5,7-10,12,14,18H,3,6,11,13,15H2,(H,24,28). The number of amides is 1. The van der Waals surface area contributed by atoms with Crippen molar-refractivity contribution in [2.24, 2.45) is 5.92 Å². The van der Waals surface area contributed by atoms with E-state index in [1.807, 2.05) is 36.4 Å². The molecule has 0 bridgehead atoms. The molecule has 1 aliphatic heterocycles. The quantitative estimate of drug-likeness (QED) is 0.739. The SMILES string of the molecule is O=C(NCc1cccnc1)C1CCCN(c2ccc(-c3cccnc3)nn2)C1. The number of carbonyl (C=O) groups excluding carboxylic acids is 1. The Kier molecular flexibility index (Phi) is 5.51. The minimum absolute atomic E-state index is 0.0507. The van der Waals surface area contributed by atoms with Gasteiger partial charge in [0.05, 0.1) is 11.6 Å². The molecule has 4 heterocycles. The average molecular weight is 374 g/mol. The molecule has 7 heteroatoms. The van der Waals surface area contributed by atoms with Gasteiger partial charge in [-0.15, -0.1) is 10.2 Å². The van der Waals surface area contributed by atoms with Crippen LogP contribution in [0.4, 0.5) is 5.82 Å². The topological polar surface area (TPSA) is 83.9 Å². The fourth-order valence-electron chi connectivity index (χ4n) is 3.40. The predicted molar refractivity (Wildman–Crippen MR) is 106 cm³/mol. The minimum atomic E-state index is -0.0507. The Morgan fingerprint density at radius 3 is 2.64 bits per heavy atom. The Bertz CT molecular complexity index is 901. The van der Waals surface area contributed by atoms with Gasteiger partial charge in [0, 0.05) is 50.0 Å². The second kappa shape index (κ2) is 8.56. The summed E-state index contributed by atoms with van der Waals surface area (Å²) in [7, 11) is 0. The highest BCUT2D eigenvalue weighted by molar-refractivity contribution is 5.79. The van der Waals surface area contributed by atoms with E-state index in [-0.39, 0.29) is 11.8 Å². The van der Waals surface area contributed by atoms with Gasteiger partial charge in [-0.25, -0.2) is 0 Å². The van der Waals surface area contributed by atoms with Gasteiger partial charge in [0.25, 0.3) is 0 Å². The van der Waals surface area contributed by atoms with Gasteiger partial charge in [-0.2, -0.15) is 0 Å². The van der Waals surface area contributed by atoms with Crippen LogP contribution in [0.2, 0.25) is 0 Å². The molecule has 28 heavy (non-hydrogen) atoms. The zero-order valence-electron chi connectivity index (χ0n) is 15.5. The number of piperidine rings is 1. The van der Waals surface area contributed by atoms with Crippen LogP contribution in [0.15, 0.2) is 61.2 Å². The van der Waals surface area contributed by atoms with Crippen LogP contribution in [-0.4, -0.2) is 39.2 Å². The molecular formula is C21H22N6O. The highest BCUT2D eigenvalue weighted by Crippen LogP contribution is 2.23. The van der Waals surface area contributed by atoms with Crippen molar-refractivity contribution >= 4 is 11.7 Å². The lowest BCUT2D eigenvalue weighted by Gasteiger charge is -2.32. The molecular weight excluding hydrogens is 352 g/mol. The van der Waals surface area contributed by atoms with Gasteiger partial charge in [-0.3, -0.25) is 14.8 Å². The summed E-state index contributed by atoms with van der Waals surface area (Å²) >= 11 is 0. The Morgan fingerprint density at radius 2 is 1.93 bits per heavy atom. The predicted octanol–water partition coefficient (Wildman–Crippen LogP) is 2.47. The number of hydrogen-bond acceptors (Lipinski definition) is 6. The molecule has 0 aromatic carbocycles. The maximum atomic E-state index is 12.6. The van der Waals surface area contributed by atoms with Gasteiger partial charge in [-0.05, 0) is 48.7 Å². The van der Waals surface area contributed by atoms with Gasteiger partial charge in [0.2, 0.25) is 5.91 Å². The van der Waals surface area contributed by atoms with E-state index in [0.717, 1.165) is 42.0 Å². The maximum Gasteiger partial charge on any atom is 0.225 e. The number of carbonyl (C=O) groups is 1. The molecule has 142 valence electrons. The first-order valence-corrected chi connectivity index (χ1v) is 9.45. The van der Waals surface area contributed by atoms with E-state index in [9.17, 15) is 4.79 Å². The summed E-state index contributed by atoms with van der Waals surface area (Å²) in [6.07, 6.45) is 8.84. The van der Waals surface area contributed by atoms with E-state index in [0.29, 0.717) is 13.1 Å². The van der Waals surface area contributed by atoms with Gasteiger partial charge in [-0.1, -0.05) is 6.07 Å². The van der Waals surface area contributed by atoms with E-state index in [4.69, 9.17) is 0 Å². The molecule has 1 atom stereocenters. The number of nitrogens with zero attached hydrogens (tertiary/aromatic N) is 5. The molecule has 0 spiro atoms. The highest BCUT2D eigenvalue weighted by Gasteiger charge is 2.26. The van der Waals surface area contributed by atoms with Crippen molar-refractivity contribution in [3.63, 3.8) is 0 Å². The Morgan fingerprint density at radius 1 is 1.07 bits per heavy atom. The van der Waals surface area contributed by atoms with E-state index in [1.54, 1.807) is 24.8 Å². The number of nitrogens with one attached hydrogen (secondary N) is 1. The molecule has 0 saturated carbocycles. The van der Waals surface area contributed by atoms with Crippen LogP contribution < -0.4 is 10.2 Å². The minimum Gasteiger partial charge on any atom is -0.354 e. The normalized spacial score (nSPS) is 16.6. The second-order valence-electron chi connectivity index (χ2n) is 6.88. The highest BCUT2D eigenvalue weighted by atomic mass is 16.1. The maximum absolute atomic E-state index is 12.6. The molecule has 1 amide bonds. The number of aromatic nitrogens is 4. The Balaban J connectivity index is 1.37. The van der Waals surface area contributed by atoms with Crippen molar-refractivity contribution in [2.45, 2.75) is 19.4 Å². The van der Waals surface area contributed by atoms with E-state index >= 15 is 0 Å². The first-order chi connectivity index (χ1) is 13.8. The largest absolute Gasteiger partial charge is 0.354 e. The fourth-order valence-corrected chi connectivity index (χ4v) is 3.40. The zero-order chi connectivity index (χ0) is 19.2. The first kappa shape index (κ1) is 18.0. The molecule has 7 nitrogen and oxygen atoms in total. The van der Waals surface area contributed by atoms with Crippen molar-refractivity contribution in [3.8, 4) is 11.3 Å². The van der Waals surface area contributed by atoms with Crippen LogP contribution in [0.25, 0.3) is 11.3 Å². The number of rotatable bonds is 5. The van der Waals surface area contributed by atoms with Crippen LogP contribution in [-0.2, 0) is 11.3 Å². The van der Waals surface area contributed by atoms with Crippen molar-refractivity contribution in [3.05, 3.63) is 66.7 Å². The zero-order valence-corrected chi connectivity index (χ0v) is 15.5. The molecule has 1 aliphatic rings. The summed E-state index contributed by atoms with van der Waals surface area (Å²) in [4.78, 5) is 22.9. The summed E-state index contributed by atoms with van der Waals surface area (Å²) in [6, 6.07) is 11.6. The van der Waals surface area contributed by atoms with Gasteiger partial charge < -0.3 is 10.2 Å². The van der Waals surface area contributed by atoms with Crippen molar-refractivity contribution in [1.29, 1.82) is 0 Å². The third kappa shape index (κ3) is 4.31. The molecule has 3 aromatic heterocycles. The lowest BCUT2D eigenvalue weighted by Crippen LogP contribution is -2.43. The third-order valence-electron chi connectivity index (χ3n) is 4.91. The van der Waals surface area contributed by atoms with Crippen LogP contribution in [0.5, 0.6) is 0 Å². The molecule has 0 aliphatic carbocycles. The van der Waals surface area contributed by atoms with Crippen LogP contribution in [0, 0.1) is 5.92 Å². The molecule has 1 saturated heterocycles. The summed E-state index contributed by atoms with van der Waals surface area (Å²) in [5.41, 5.74) is 2.73. The molecule has 1 fully saturated rings. The number of pyridine rings is 2. The molecule has 1 unspecified atom stereocenters. The van der Waals surface area contributed by atoms with E-state index in [2.05, 4.69) is 30.4 Å². The van der Waals surface area contributed by atoms with Crippen molar-refractivity contribution < 1.29 is 4.79 Å². The number of anilines is 1. The van der Waals surface area contributed by atoms with Crippen molar-refractivity contribution in [2.75, 3.05) is 18.0 Å². The van der Waals surface area contributed by atoms with Crippen LogP contribution >= 0.6 is 0 Å².